The molecule has 3 unspecified atom stereocenters. The van der Waals surface area contributed by atoms with Gasteiger partial charge in [0, 0.05) is 12.2 Å². The van der Waals surface area contributed by atoms with Crippen molar-refractivity contribution in [1.82, 2.24) is 9.97 Å². The van der Waals surface area contributed by atoms with E-state index in [0.29, 0.717) is 12.1 Å². The summed E-state index contributed by atoms with van der Waals surface area (Å²) in [5, 5.41) is 6.80. The van der Waals surface area contributed by atoms with Gasteiger partial charge in [0.1, 0.15) is 35.9 Å². The third-order valence-electron chi connectivity index (χ3n) is 6.08. The van der Waals surface area contributed by atoms with Crippen LogP contribution in [-0.2, 0) is 4.84 Å². The molecule has 1 saturated carbocycles. The fourth-order valence-corrected chi connectivity index (χ4v) is 4.47. The van der Waals surface area contributed by atoms with E-state index in [1.807, 2.05) is 6.92 Å². The fraction of sp³-hybridized carbons (Fsp3) is 0.280. The predicted molar refractivity (Wildman–Crippen MR) is 125 cm³/mol. The van der Waals surface area contributed by atoms with Crippen LogP contribution >= 0.6 is 0 Å². The molecule has 35 heavy (non-hydrogen) atoms. The van der Waals surface area contributed by atoms with Crippen molar-refractivity contribution in [2.24, 2.45) is 16.8 Å². The maximum atomic E-state index is 14.4. The smallest absolute Gasteiger partial charge is 0.274 e. The molecule has 182 valence electrons. The molecule has 3 N–H and O–H groups in total. The Hall–Kier alpha value is -3.79. The number of aromatic nitrogens is 2. The summed E-state index contributed by atoms with van der Waals surface area (Å²) in [6.07, 6.45) is 4.44. The number of amides is 1. The standard InChI is InChI=1S/C25H24F3N5O2/c1-13-10-14(11-19(29)23(13)33-35-2)15-8-9-30-12-21(15)32-25(34)20-7-6-18(28)24(31-20)22-16(26)4-3-5-17(22)27/h3-9,12-14,19H,10-11,29H2,1-2H3,(H,32,34). The van der Waals surface area contributed by atoms with Gasteiger partial charge in [0.2, 0.25) is 0 Å². The van der Waals surface area contributed by atoms with E-state index in [2.05, 4.69) is 20.4 Å². The molecule has 7 nitrogen and oxygen atoms in total. The fourth-order valence-electron chi connectivity index (χ4n) is 4.47. The summed E-state index contributed by atoms with van der Waals surface area (Å²) in [6, 6.07) is 6.74. The second-order valence-electron chi connectivity index (χ2n) is 8.42. The second kappa shape index (κ2) is 10.2. The maximum Gasteiger partial charge on any atom is 0.274 e. The number of halogens is 3. The van der Waals surface area contributed by atoms with Gasteiger partial charge in [-0.15, -0.1) is 0 Å². The van der Waals surface area contributed by atoms with Gasteiger partial charge in [0.05, 0.1) is 23.2 Å². The van der Waals surface area contributed by atoms with Gasteiger partial charge in [-0.2, -0.15) is 0 Å². The molecule has 1 aromatic carbocycles. The Bertz CT molecular complexity index is 1250. The van der Waals surface area contributed by atoms with Crippen molar-refractivity contribution in [3.05, 3.63) is 77.5 Å². The van der Waals surface area contributed by atoms with E-state index >= 15 is 0 Å². The molecule has 4 rings (SSSR count). The predicted octanol–water partition coefficient (Wildman–Crippen LogP) is 4.66. The summed E-state index contributed by atoms with van der Waals surface area (Å²) in [5.74, 6) is -3.51. The number of nitrogens with two attached hydrogens (primary N) is 1. The number of carbonyl (C=O) groups is 1. The van der Waals surface area contributed by atoms with E-state index in [9.17, 15) is 18.0 Å². The average Bonchev–Trinajstić information content (AvgIpc) is 2.82. The van der Waals surface area contributed by atoms with Gasteiger partial charge in [0.15, 0.2) is 0 Å². The minimum absolute atomic E-state index is 0.0124. The summed E-state index contributed by atoms with van der Waals surface area (Å²) in [6.45, 7) is 2.01. The summed E-state index contributed by atoms with van der Waals surface area (Å²) in [7, 11) is 1.48. The van der Waals surface area contributed by atoms with Crippen LogP contribution in [0.3, 0.4) is 0 Å². The van der Waals surface area contributed by atoms with Gasteiger partial charge < -0.3 is 15.9 Å². The molecule has 1 aliphatic rings. The van der Waals surface area contributed by atoms with E-state index in [4.69, 9.17) is 10.6 Å². The Balaban J connectivity index is 1.61. The molecule has 1 aliphatic carbocycles. The molecule has 0 aliphatic heterocycles. The highest BCUT2D eigenvalue weighted by Crippen LogP contribution is 2.37. The van der Waals surface area contributed by atoms with Gasteiger partial charge in [-0.05, 0) is 60.6 Å². The number of hydrogen-bond acceptors (Lipinski definition) is 6. The molecule has 10 heteroatoms. The Kier molecular flexibility index (Phi) is 7.11. The zero-order valence-electron chi connectivity index (χ0n) is 19.1. The van der Waals surface area contributed by atoms with Gasteiger partial charge in [-0.25, -0.2) is 18.2 Å². The normalized spacial score (nSPS) is 21.1. The number of nitrogens with zero attached hydrogens (tertiary/aromatic N) is 3. The van der Waals surface area contributed by atoms with Crippen LogP contribution in [0.2, 0.25) is 0 Å². The van der Waals surface area contributed by atoms with Crippen LogP contribution in [-0.4, -0.2) is 34.7 Å². The summed E-state index contributed by atoms with van der Waals surface area (Å²) < 4.78 is 42.8. The van der Waals surface area contributed by atoms with Crippen LogP contribution in [0.25, 0.3) is 11.3 Å². The van der Waals surface area contributed by atoms with Gasteiger partial charge >= 0.3 is 0 Å². The molecule has 1 fully saturated rings. The first-order valence-corrected chi connectivity index (χ1v) is 11.0. The lowest BCUT2D eigenvalue weighted by atomic mass is 9.75. The topological polar surface area (TPSA) is 102 Å². The molecule has 3 atom stereocenters. The third kappa shape index (κ3) is 5.02. The van der Waals surface area contributed by atoms with E-state index in [-0.39, 0.29) is 23.6 Å². The van der Waals surface area contributed by atoms with E-state index in [1.54, 1.807) is 12.3 Å². The Morgan fingerprint density at radius 3 is 2.54 bits per heavy atom. The van der Waals surface area contributed by atoms with Crippen LogP contribution in [0, 0.1) is 23.4 Å². The zero-order chi connectivity index (χ0) is 25.1. The number of pyridine rings is 2. The minimum Gasteiger partial charge on any atom is -0.399 e. The van der Waals surface area contributed by atoms with Crippen molar-refractivity contribution in [3.8, 4) is 11.3 Å². The van der Waals surface area contributed by atoms with Crippen LogP contribution in [0.4, 0.5) is 18.9 Å². The highest BCUT2D eigenvalue weighted by atomic mass is 19.1. The zero-order valence-corrected chi connectivity index (χ0v) is 19.1. The molecule has 0 bridgehead atoms. The molecule has 2 aromatic heterocycles. The van der Waals surface area contributed by atoms with Crippen LogP contribution in [0.5, 0.6) is 0 Å². The monoisotopic (exact) mass is 483 g/mol. The molecule has 2 heterocycles. The first-order chi connectivity index (χ1) is 16.8. The quantitative estimate of drug-likeness (QED) is 0.514. The largest absolute Gasteiger partial charge is 0.399 e. The summed E-state index contributed by atoms with van der Waals surface area (Å²) >= 11 is 0. The number of benzene rings is 1. The number of oxime groups is 1. The molecule has 1 amide bonds. The van der Waals surface area contributed by atoms with Crippen molar-refractivity contribution in [3.63, 3.8) is 0 Å². The van der Waals surface area contributed by atoms with Gasteiger partial charge in [0.25, 0.3) is 5.91 Å². The molecule has 0 saturated heterocycles. The Morgan fingerprint density at radius 2 is 1.86 bits per heavy atom. The van der Waals surface area contributed by atoms with Crippen molar-refractivity contribution >= 4 is 17.3 Å². The molecular formula is C25H24F3N5O2. The molecule has 0 radical (unpaired) electrons. The first kappa shape index (κ1) is 24.3. The Labute approximate surface area is 200 Å². The van der Waals surface area contributed by atoms with E-state index in [0.717, 1.165) is 48.0 Å². The number of rotatable bonds is 5. The van der Waals surface area contributed by atoms with Gasteiger partial charge in [-0.3, -0.25) is 9.78 Å². The Morgan fingerprint density at radius 1 is 1.11 bits per heavy atom. The number of anilines is 1. The van der Waals surface area contributed by atoms with Gasteiger partial charge in [-0.1, -0.05) is 18.1 Å². The van der Waals surface area contributed by atoms with Crippen LogP contribution < -0.4 is 11.1 Å². The molecule has 0 spiro atoms. The average molecular weight is 483 g/mol. The van der Waals surface area contributed by atoms with Crippen molar-refractivity contribution in [2.45, 2.75) is 31.7 Å². The highest BCUT2D eigenvalue weighted by Gasteiger charge is 2.33. The first-order valence-electron chi connectivity index (χ1n) is 11.0. The van der Waals surface area contributed by atoms with E-state index in [1.165, 1.54) is 13.3 Å². The second-order valence-corrected chi connectivity index (χ2v) is 8.42. The number of carbonyl (C=O) groups excluding carboxylic acids is 1. The highest BCUT2D eigenvalue weighted by molar-refractivity contribution is 6.03. The van der Waals surface area contributed by atoms with Crippen LogP contribution in [0.15, 0.2) is 53.9 Å². The minimum atomic E-state index is -0.984. The third-order valence-corrected chi connectivity index (χ3v) is 6.08. The van der Waals surface area contributed by atoms with E-state index < -0.39 is 34.6 Å². The summed E-state index contributed by atoms with van der Waals surface area (Å²) in [5.41, 5.74) is 6.94. The SMILES string of the molecule is CON=C1C(C)CC(c2ccncc2NC(=O)c2ccc(F)c(-c3c(F)cccc3F)n2)CC1N. The maximum absolute atomic E-state index is 14.4. The lowest BCUT2D eigenvalue weighted by Crippen LogP contribution is -2.41. The lowest BCUT2D eigenvalue weighted by molar-refractivity contribution is 0.102. The van der Waals surface area contributed by atoms with Crippen LogP contribution in [0.1, 0.15) is 41.7 Å². The molecule has 3 aromatic rings. The number of nitrogens with one attached hydrogen (secondary N) is 1. The summed E-state index contributed by atoms with van der Waals surface area (Å²) in [4.78, 5) is 25.9. The lowest BCUT2D eigenvalue weighted by Gasteiger charge is -2.33. The van der Waals surface area contributed by atoms with Crippen molar-refractivity contribution < 1.29 is 22.8 Å². The molecular weight excluding hydrogens is 459 g/mol. The van der Waals surface area contributed by atoms with Crippen molar-refractivity contribution in [2.75, 3.05) is 12.4 Å². The van der Waals surface area contributed by atoms with Crippen molar-refractivity contribution in [1.29, 1.82) is 0 Å². The number of hydrogen-bond donors (Lipinski definition) is 2.